The molecule has 1 aromatic rings. The molecule has 2 fully saturated rings. The normalized spacial score (nSPS) is 15.8. The van der Waals surface area contributed by atoms with Crippen molar-refractivity contribution in [2.75, 3.05) is 84.6 Å². The average Bonchev–Trinajstić information content (AvgIpc) is 3.51. The predicted molar refractivity (Wildman–Crippen MR) is 165 cm³/mol. The van der Waals surface area contributed by atoms with Crippen molar-refractivity contribution in [3.05, 3.63) is 40.4 Å². The Morgan fingerprint density at radius 2 is 1.77 bits per heavy atom. The number of methoxy groups -OCH3 is 2. The lowest BCUT2D eigenvalue weighted by Gasteiger charge is -2.26. The van der Waals surface area contributed by atoms with Gasteiger partial charge in [-0.2, -0.15) is 0 Å². The van der Waals surface area contributed by atoms with Gasteiger partial charge in [-0.25, -0.2) is 0 Å². The molecule has 10 nitrogen and oxygen atoms in total. The molecule has 0 spiro atoms. The van der Waals surface area contributed by atoms with Gasteiger partial charge in [0, 0.05) is 58.3 Å². The van der Waals surface area contributed by atoms with Crippen molar-refractivity contribution in [3.8, 4) is 0 Å². The minimum absolute atomic E-state index is 0.229. The Balaban J connectivity index is 0.00000122. The summed E-state index contributed by atoms with van der Waals surface area (Å²) in [6.07, 6.45) is 2.43. The molecule has 2 heterocycles. The quantitative estimate of drug-likeness (QED) is 0.206. The number of ether oxygens (including phenoxy) is 3. The van der Waals surface area contributed by atoms with Gasteiger partial charge in [0.2, 0.25) is 0 Å². The number of hydrogen-bond acceptors (Lipinski definition) is 9. The first-order valence-electron chi connectivity index (χ1n) is 14.0. The van der Waals surface area contributed by atoms with E-state index in [2.05, 4.69) is 36.9 Å². The van der Waals surface area contributed by atoms with E-state index < -0.39 is 5.91 Å². The Morgan fingerprint density at radius 1 is 1.10 bits per heavy atom. The molecule has 0 saturated carbocycles. The van der Waals surface area contributed by atoms with Gasteiger partial charge in [0.15, 0.2) is 0 Å². The summed E-state index contributed by atoms with van der Waals surface area (Å²) in [4.78, 5) is 34.3. The van der Waals surface area contributed by atoms with Crippen LogP contribution in [0.2, 0.25) is 0 Å². The van der Waals surface area contributed by atoms with Crippen LogP contribution in [0.15, 0.2) is 34.3 Å². The van der Waals surface area contributed by atoms with Crippen LogP contribution < -0.4 is 10.6 Å². The second-order valence-corrected chi connectivity index (χ2v) is 9.66. The summed E-state index contributed by atoms with van der Waals surface area (Å²) in [5.41, 5.74) is 2.07. The van der Waals surface area contributed by atoms with Gasteiger partial charge in [0.25, 0.3) is 11.8 Å². The van der Waals surface area contributed by atoms with E-state index >= 15 is 0 Å². The standard InChI is InChI=1S/C24H35N5O4S.C3H8O.C2H6/c1-25-22(17-34-18-29-8-3-4-9-29)24(31)27-21-6-5-19(16-28-10-13-33-14-11-28)15-20(21)23(30)26-7-12-32-2;1-3-4-2;1-2/h5-6,15,17H,1,3-4,7-14,16,18H2,2H3,(H,26,30)(H,27,31);3H2,1-2H3;1-2H3/b22-17-;;. The fourth-order valence-corrected chi connectivity index (χ4v) is 4.73. The zero-order chi connectivity index (χ0) is 29.6. The first-order chi connectivity index (χ1) is 19.5. The lowest BCUT2D eigenvalue weighted by Crippen LogP contribution is -2.35. The van der Waals surface area contributed by atoms with Crippen LogP contribution in [-0.4, -0.2) is 108 Å². The second kappa shape index (κ2) is 22.4. The molecule has 0 unspecified atom stereocenters. The van der Waals surface area contributed by atoms with Gasteiger partial charge in [-0.3, -0.25) is 24.4 Å². The minimum atomic E-state index is -0.393. The summed E-state index contributed by atoms with van der Waals surface area (Å²) >= 11 is 1.53. The van der Waals surface area contributed by atoms with E-state index in [9.17, 15) is 9.59 Å². The fraction of sp³-hybridized carbons (Fsp3) is 0.621. The van der Waals surface area contributed by atoms with Crippen LogP contribution in [0.5, 0.6) is 0 Å². The number of amides is 2. The molecule has 1 aromatic carbocycles. The number of aliphatic imine (C=N–C) groups is 1. The van der Waals surface area contributed by atoms with E-state index in [4.69, 9.17) is 9.47 Å². The highest BCUT2D eigenvalue weighted by molar-refractivity contribution is 8.02. The van der Waals surface area contributed by atoms with Crippen molar-refractivity contribution in [1.82, 2.24) is 15.1 Å². The summed E-state index contributed by atoms with van der Waals surface area (Å²) in [6, 6.07) is 5.54. The zero-order valence-electron chi connectivity index (χ0n) is 25.0. The van der Waals surface area contributed by atoms with Crippen LogP contribution in [0, 0.1) is 0 Å². The smallest absolute Gasteiger partial charge is 0.274 e. The molecule has 2 N–H and O–H groups in total. The molecule has 2 amide bonds. The summed E-state index contributed by atoms with van der Waals surface area (Å²) in [6.45, 7) is 17.1. The van der Waals surface area contributed by atoms with Gasteiger partial charge in [-0.15, -0.1) is 11.8 Å². The maximum atomic E-state index is 12.9. The topological polar surface area (TPSA) is 105 Å². The van der Waals surface area contributed by atoms with E-state index in [0.717, 1.165) is 44.2 Å². The fourth-order valence-electron chi connectivity index (χ4n) is 3.85. The van der Waals surface area contributed by atoms with Crippen LogP contribution in [0.3, 0.4) is 0 Å². The third kappa shape index (κ3) is 13.9. The van der Waals surface area contributed by atoms with Gasteiger partial charge in [-0.1, -0.05) is 19.9 Å². The third-order valence-corrected chi connectivity index (χ3v) is 6.92. The lowest BCUT2D eigenvalue weighted by atomic mass is 10.1. The number of anilines is 1. The predicted octanol–water partition coefficient (Wildman–Crippen LogP) is 3.84. The highest BCUT2D eigenvalue weighted by Gasteiger charge is 2.18. The van der Waals surface area contributed by atoms with Crippen molar-refractivity contribution in [2.24, 2.45) is 4.99 Å². The monoisotopic (exact) mass is 579 g/mol. The number of hydrogen-bond donors (Lipinski definition) is 2. The molecule has 0 aliphatic carbocycles. The van der Waals surface area contributed by atoms with Gasteiger partial charge in [-0.05, 0) is 57.3 Å². The van der Waals surface area contributed by atoms with E-state index in [-0.39, 0.29) is 11.6 Å². The van der Waals surface area contributed by atoms with Crippen LogP contribution in [0.4, 0.5) is 5.69 Å². The number of carbonyl (C=O) groups excluding carboxylic acids is 2. The van der Waals surface area contributed by atoms with Crippen LogP contribution in [0.1, 0.15) is 49.5 Å². The molecule has 2 aliphatic heterocycles. The molecule has 0 radical (unpaired) electrons. The number of nitrogens with one attached hydrogen (secondary N) is 2. The lowest BCUT2D eigenvalue weighted by molar-refractivity contribution is -0.112. The molecule has 0 atom stereocenters. The Kier molecular flexibility index (Phi) is 20.0. The maximum Gasteiger partial charge on any atom is 0.274 e. The number of rotatable bonds is 13. The molecule has 3 rings (SSSR count). The number of nitrogens with zero attached hydrogens (tertiary/aromatic N) is 3. The van der Waals surface area contributed by atoms with E-state index in [1.807, 2.05) is 32.9 Å². The first-order valence-corrected chi connectivity index (χ1v) is 15.1. The molecule has 11 heteroatoms. The molecule has 0 bridgehead atoms. The molecular weight excluding hydrogens is 530 g/mol. The highest BCUT2D eigenvalue weighted by atomic mass is 32.2. The SMILES string of the molecule is C=N/C(=C\SCN1CCCC1)C(=O)Nc1ccc(CN2CCOCC2)cc1C(=O)NCCOC.CC.CCOC. The Labute approximate surface area is 244 Å². The van der Waals surface area contributed by atoms with E-state index in [1.165, 1.54) is 24.6 Å². The second-order valence-electron chi connectivity index (χ2n) is 8.83. The molecule has 40 heavy (non-hydrogen) atoms. The van der Waals surface area contributed by atoms with Crippen molar-refractivity contribution >= 4 is 36.0 Å². The average molecular weight is 580 g/mol. The van der Waals surface area contributed by atoms with Crippen LogP contribution in [-0.2, 0) is 25.5 Å². The van der Waals surface area contributed by atoms with Gasteiger partial charge in [0.1, 0.15) is 5.70 Å². The van der Waals surface area contributed by atoms with Crippen LogP contribution in [0.25, 0.3) is 0 Å². The number of carbonyl (C=O) groups is 2. The minimum Gasteiger partial charge on any atom is -0.385 e. The number of benzene rings is 1. The molecule has 0 aromatic heterocycles. The number of morpholine rings is 1. The van der Waals surface area contributed by atoms with Gasteiger partial charge in [0.05, 0.1) is 31.1 Å². The van der Waals surface area contributed by atoms with E-state index in [0.29, 0.717) is 44.2 Å². The summed E-state index contributed by atoms with van der Waals surface area (Å²) in [5, 5.41) is 7.42. The summed E-state index contributed by atoms with van der Waals surface area (Å²) in [5.74, 6) is 0.155. The third-order valence-electron chi connectivity index (χ3n) is 6.02. The number of thioether (sulfide) groups is 1. The van der Waals surface area contributed by atoms with E-state index in [1.54, 1.807) is 25.7 Å². The van der Waals surface area contributed by atoms with Crippen molar-refractivity contribution < 1.29 is 23.8 Å². The Hall–Kier alpha value is -2.28. The van der Waals surface area contributed by atoms with Gasteiger partial charge >= 0.3 is 0 Å². The zero-order valence-corrected chi connectivity index (χ0v) is 25.8. The first kappa shape index (κ1) is 35.7. The summed E-state index contributed by atoms with van der Waals surface area (Å²) in [7, 11) is 3.26. The van der Waals surface area contributed by atoms with Crippen LogP contribution >= 0.6 is 11.8 Å². The Morgan fingerprint density at radius 3 is 2.38 bits per heavy atom. The molecule has 2 saturated heterocycles. The number of likely N-dealkylation sites (tertiary alicyclic amines) is 1. The molecule has 2 aliphatic rings. The van der Waals surface area contributed by atoms with Gasteiger partial charge < -0.3 is 24.8 Å². The maximum absolute atomic E-state index is 12.9. The van der Waals surface area contributed by atoms with Crippen molar-refractivity contribution in [1.29, 1.82) is 0 Å². The largest absolute Gasteiger partial charge is 0.385 e. The van der Waals surface area contributed by atoms with Crippen molar-refractivity contribution in [2.45, 2.75) is 40.2 Å². The van der Waals surface area contributed by atoms with Crippen molar-refractivity contribution in [3.63, 3.8) is 0 Å². The molecular formula is C29H49N5O5S. The molecule has 226 valence electrons. The summed E-state index contributed by atoms with van der Waals surface area (Å²) < 4.78 is 15.0. The highest BCUT2D eigenvalue weighted by Crippen LogP contribution is 2.21. The Bertz CT molecular complexity index is 901.